The topological polar surface area (TPSA) is 20.3 Å². The quantitative estimate of drug-likeness (QED) is 0.845. The molecule has 2 heteroatoms. The summed E-state index contributed by atoms with van der Waals surface area (Å²) in [5, 5.41) is 0. The number of carbonyl (C=O) groups excluding carboxylic acids is 1. The number of ketones is 1. The zero-order chi connectivity index (χ0) is 15.4. The van der Waals surface area contributed by atoms with Crippen LogP contribution in [0.15, 0.2) is 48.5 Å². The summed E-state index contributed by atoms with van der Waals surface area (Å²) in [4.78, 5) is 15.8. The summed E-state index contributed by atoms with van der Waals surface area (Å²) in [7, 11) is 0. The summed E-state index contributed by atoms with van der Waals surface area (Å²) in [6, 6.07) is 17.2. The summed E-state index contributed by atoms with van der Waals surface area (Å²) in [5.41, 5.74) is 5.28. The lowest BCUT2D eigenvalue weighted by molar-refractivity contribution is -0.125. The van der Waals surface area contributed by atoms with Crippen LogP contribution in [0.4, 0.5) is 0 Å². The van der Waals surface area contributed by atoms with Crippen LogP contribution >= 0.6 is 0 Å². The Morgan fingerprint density at radius 3 is 1.91 bits per heavy atom. The van der Waals surface area contributed by atoms with E-state index in [0.717, 1.165) is 19.6 Å². The standard InChI is InChI=1S/C21H21NO/c23-21-18(13-22-11-5-6-12-22)19-14-7-1-3-9-16(14)20(21)17-10-4-2-8-15(17)19/h1-4,7-10,18-20H,5-6,11-13H2. The van der Waals surface area contributed by atoms with Crippen LogP contribution in [-0.2, 0) is 4.79 Å². The third kappa shape index (κ3) is 1.88. The number of Topliss-reactive ketones (excluding diaryl/α,β-unsaturated/α-hetero) is 1. The molecule has 1 saturated heterocycles. The van der Waals surface area contributed by atoms with Crippen LogP contribution in [0, 0.1) is 5.92 Å². The van der Waals surface area contributed by atoms with E-state index in [1.807, 2.05) is 0 Å². The summed E-state index contributed by atoms with van der Waals surface area (Å²) in [6.07, 6.45) is 2.56. The molecule has 0 amide bonds. The molecule has 1 heterocycles. The number of nitrogens with zero attached hydrogens (tertiary/aromatic N) is 1. The monoisotopic (exact) mass is 303 g/mol. The van der Waals surface area contributed by atoms with Crippen molar-refractivity contribution in [3.8, 4) is 0 Å². The molecule has 0 radical (unpaired) electrons. The van der Waals surface area contributed by atoms with Crippen molar-refractivity contribution in [2.75, 3.05) is 19.6 Å². The van der Waals surface area contributed by atoms with Crippen molar-refractivity contribution in [3.63, 3.8) is 0 Å². The van der Waals surface area contributed by atoms with Crippen LogP contribution in [0.3, 0.4) is 0 Å². The second-order valence-corrected chi connectivity index (χ2v) is 7.19. The van der Waals surface area contributed by atoms with E-state index < -0.39 is 0 Å². The maximum absolute atomic E-state index is 13.3. The van der Waals surface area contributed by atoms with Gasteiger partial charge in [-0.3, -0.25) is 4.79 Å². The number of likely N-dealkylation sites (tertiary alicyclic amines) is 1. The summed E-state index contributed by atoms with van der Waals surface area (Å²) in [5.74, 6) is 0.780. The van der Waals surface area contributed by atoms with Gasteiger partial charge in [-0.2, -0.15) is 0 Å². The van der Waals surface area contributed by atoms with Crippen LogP contribution < -0.4 is 0 Å². The molecule has 2 bridgehead atoms. The fourth-order valence-electron chi connectivity index (χ4n) is 5.01. The molecule has 116 valence electrons. The molecular weight excluding hydrogens is 282 g/mol. The predicted octanol–water partition coefficient (Wildman–Crippen LogP) is 3.56. The van der Waals surface area contributed by atoms with Gasteiger partial charge in [0.2, 0.25) is 0 Å². The average Bonchev–Trinajstić information content (AvgIpc) is 3.10. The lowest BCUT2D eigenvalue weighted by Crippen LogP contribution is -2.45. The Morgan fingerprint density at radius 2 is 1.35 bits per heavy atom. The van der Waals surface area contributed by atoms with Gasteiger partial charge in [0, 0.05) is 18.4 Å². The highest BCUT2D eigenvalue weighted by Crippen LogP contribution is 2.53. The van der Waals surface area contributed by atoms with E-state index in [-0.39, 0.29) is 17.8 Å². The minimum absolute atomic E-state index is 0.0417. The van der Waals surface area contributed by atoms with E-state index in [0.29, 0.717) is 5.78 Å². The fraction of sp³-hybridized carbons (Fsp3) is 0.381. The Hall–Kier alpha value is -1.93. The van der Waals surface area contributed by atoms with Crippen LogP contribution in [0.1, 0.15) is 46.9 Å². The number of fused-ring (bicyclic) bond motifs is 1. The molecule has 1 atom stereocenters. The summed E-state index contributed by atoms with van der Waals surface area (Å²) in [6.45, 7) is 3.25. The number of hydrogen-bond donors (Lipinski definition) is 0. The first-order chi connectivity index (χ1) is 11.3. The molecule has 2 aromatic carbocycles. The molecule has 23 heavy (non-hydrogen) atoms. The molecule has 0 saturated carbocycles. The molecular formula is C21H21NO. The Morgan fingerprint density at radius 1 is 0.826 bits per heavy atom. The van der Waals surface area contributed by atoms with Gasteiger partial charge in [-0.15, -0.1) is 0 Å². The van der Waals surface area contributed by atoms with Crippen LogP contribution in [0.25, 0.3) is 0 Å². The molecule has 2 nitrogen and oxygen atoms in total. The van der Waals surface area contributed by atoms with Gasteiger partial charge >= 0.3 is 0 Å². The van der Waals surface area contributed by atoms with Crippen molar-refractivity contribution in [2.45, 2.75) is 24.7 Å². The fourth-order valence-corrected chi connectivity index (χ4v) is 5.01. The lowest BCUT2D eigenvalue weighted by atomic mass is 9.58. The molecule has 1 fully saturated rings. The zero-order valence-electron chi connectivity index (χ0n) is 13.2. The van der Waals surface area contributed by atoms with E-state index in [1.54, 1.807) is 0 Å². The SMILES string of the molecule is O=C1C2c3ccccc3C(c3ccccc32)C1CN1CCCC1. The Balaban J connectivity index is 1.65. The largest absolute Gasteiger partial charge is 0.303 e. The predicted molar refractivity (Wildman–Crippen MR) is 90.7 cm³/mol. The van der Waals surface area contributed by atoms with Crippen molar-refractivity contribution in [2.24, 2.45) is 5.92 Å². The van der Waals surface area contributed by atoms with Crippen molar-refractivity contribution >= 4 is 5.78 Å². The van der Waals surface area contributed by atoms with E-state index in [4.69, 9.17) is 0 Å². The van der Waals surface area contributed by atoms with E-state index >= 15 is 0 Å². The van der Waals surface area contributed by atoms with Gasteiger partial charge in [0.1, 0.15) is 5.78 Å². The number of carbonyl (C=O) groups is 1. The molecule has 0 spiro atoms. The maximum atomic E-state index is 13.3. The second kappa shape index (κ2) is 5.04. The Bertz CT molecular complexity index is 727. The van der Waals surface area contributed by atoms with E-state index in [1.165, 1.54) is 35.1 Å². The molecule has 6 rings (SSSR count). The molecule has 3 aliphatic carbocycles. The minimum Gasteiger partial charge on any atom is -0.303 e. The molecule has 2 aromatic rings. The van der Waals surface area contributed by atoms with Gasteiger partial charge < -0.3 is 4.90 Å². The second-order valence-electron chi connectivity index (χ2n) is 7.19. The summed E-state index contributed by atoms with van der Waals surface area (Å²) < 4.78 is 0. The van der Waals surface area contributed by atoms with Crippen LogP contribution in [0.5, 0.6) is 0 Å². The van der Waals surface area contributed by atoms with Gasteiger partial charge in [-0.1, -0.05) is 48.5 Å². The highest BCUT2D eigenvalue weighted by atomic mass is 16.1. The zero-order valence-corrected chi connectivity index (χ0v) is 13.2. The molecule has 0 N–H and O–H groups in total. The number of hydrogen-bond acceptors (Lipinski definition) is 2. The maximum Gasteiger partial charge on any atom is 0.150 e. The molecule has 4 aliphatic rings. The average molecular weight is 303 g/mol. The number of rotatable bonds is 2. The van der Waals surface area contributed by atoms with Gasteiger partial charge in [0.25, 0.3) is 0 Å². The van der Waals surface area contributed by atoms with Gasteiger partial charge in [-0.05, 0) is 48.2 Å². The van der Waals surface area contributed by atoms with Gasteiger partial charge in [0.15, 0.2) is 0 Å². The third-order valence-corrected chi connectivity index (χ3v) is 5.99. The highest BCUT2D eigenvalue weighted by Gasteiger charge is 2.49. The van der Waals surface area contributed by atoms with Crippen LogP contribution in [-0.4, -0.2) is 30.3 Å². The van der Waals surface area contributed by atoms with Crippen molar-refractivity contribution < 1.29 is 4.79 Å². The Kier molecular flexibility index (Phi) is 2.96. The Labute approximate surface area is 137 Å². The van der Waals surface area contributed by atoms with Crippen molar-refractivity contribution in [3.05, 3.63) is 70.8 Å². The minimum atomic E-state index is -0.0417. The first kappa shape index (κ1) is 13.5. The van der Waals surface area contributed by atoms with Crippen molar-refractivity contribution in [1.82, 2.24) is 4.90 Å². The molecule has 1 aliphatic heterocycles. The first-order valence-corrected chi connectivity index (χ1v) is 8.78. The number of benzene rings is 2. The van der Waals surface area contributed by atoms with Crippen molar-refractivity contribution in [1.29, 1.82) is 0 Å². The normalized spacial score (nSPS) is 28.7. The third-order valence-electron chi connectivity index (χ3n) is 5.99. The van der Waals surface area contributed by atoms with Gasteiger partial charge in [-0.25, -0.2) is 0 Å². The summed E-state index contributed by atoms with van der Waals surface area (Å²) >= 11 is 0. The van der Waals surface area contributed by atoms with E-state index in [9.17, 15) is 4.79 Å². The van der Waals surface area contributed by atoms with Gasteiger partial charge in [0.05, 0.1) is 5.92 Å². The smallest absolute Gasteiger partial charge is 0.150 e. The molecule has 1 unspecified atom stereocenters. The van der Waals surface area contributed by atoms with E-state index in [2.05, 4.69) is 53.4 Å². The molecule has 0 aromatic heterocycles. The highest BCUT2D eigenvalue weighted by molar-refractivity contribution is 5.97. The van der Waals surface area contributed by atoms with Crippen LogP contribution in [0.2, 0.25) is 0 Å². The lowest BCUT2D eigenvalue weighted by Gasteiger charge is -2.45. The first-order valence-electron chi connectivity index (χ1n) is 8.78.